The van der Waals surface area contributed by atoms with E-state index >= 15 is 0 Å². The molecule has 0 aliphatic heterocycles. The van der Waals surface area contributed by atoms with Gasteiger partial charge in [-0.05, 0) is 25.1 Å². The maximum Gasteiger partial charge on any atom is 0.316 e. The molecule has 92 valence electrons. The summed E-state index contributed by atoms with van der Waals surface area (Å²) < 4.78 is 4.79. The Bertz CT molecular complexity index is 435. The van der Waals surface area contributed by atoms with Gasteiger partial charge in [0, 0.05) is 10.6 Å². The minimum atomic E-state index is -0.582. The summed E-state index contributed by atoms with van der Waals surface area (Å²) in [5, 5.41) is 0. The first-order valence-electron chi connectivity index (χ1n) is 5.02. The highest BCUT2D eigenvalue weighted by Gasteiger charge is 2.08. The second kappa shape index (κ2) is 6.15. The summed E-state index contributed by atoms with van der Waals surface area (Å²) in [6, 6.07) is 4.89. The topological polar surface area (TPSA) is 95.4 Å². The molecular weight excluding hydrogens is 240 g/mol. The number of nitrogen functional groups attached to an aromatic ring is 1. The molecule has 0 heterocycles. The predicted octanol–water partition coefficient (Wildman–Crippen LogP) is 1.02. The zero-order chi connectivity index (χ0) is 12.8. The van der Waals surface area contributed by atoms with Crippen LogP contribution >= 0.6 is 11.8 Å². The molecule has 1 aromatic rings. The Labute approximate surface area is 103 Å². The number of anilines is 1. The van der Waals surface area contributed by atoms with E-state index in [0.29, 0.717) is 12.3 Å². The number of amides is 1. The lowest BCUT2D eigenvalue weighted by Crippen LogP contribution is -2.13. The summed E-state index contributed by atoms with van der Waals surface area (Å²) in [6.07, 6.45) is 0. The predicted molar refractivity (Wildman–Crippen MR) is 66.7 cm³/mol. The van der Waals surface area contributed by atoms with Crippen molar-refractivity contribution in [2.24, 2.45) is 5.73 Å². The molecule has 0 radical (unpaired) electrons. The van der Waals surface area contributed by atoms with Gasteiger partial charge in [0.15, 0.2) is 0 Å². The molecule has 0 aliphatic rings. The molecule has 1 aromatic carbocycles. The monoisotopic (exact) mass is 254 g/mol. The van der Waals surface area contributed by atoms with Crippen LogP contribution in [0.1, 0.15) is 17.3 Å². The zero-order valence-corrected chi connectivity index (χ0v) is 10.3. The fourth-order valence-electron chi connectivity index (χ4n) is 1.18. The fourth-order valence-corrected chi connectivity index (χ4v) is 1.92. The second-order valence-corrected chi connectivity index (χ2v) is 4.26. The number of carbonyl (C=O) groups is 2. The Morgan fingerprint density at radius 1 is 1.41 bits per heavy atom. The van der Waals surface area contributed by atoms with Crippen LogP contribution in [0.3, 0.4) is 0 Å². The van der Waals surface area contributed by atoms with Crippen molar-refractivity contribution in [3.8, 4) is 0 Å². The van der Waals surface area contributed by atoms with Crippen LogP contribution in [0.4, 0.5) is 5.69 Å². The van der Waals surface area contributed by atoms with Gasteiger partial charge in [-0.2, -0.15) is 0 Å². The minimum Gasteiger partial charge on any atom is -0.465 e. The molecule has 5 nitrogen and oxygen atoms in total. The largest absolute Gasteiger partial charge is 0.465 e. The molecule has 6 heteroatoms. The standard InChI is InChI=1S/C11H14N2O3S/c1-2-16-10(14)6-17-7-3-4-9(12)8(5-7)11(13)15/h3-5H,2,6,12H2,1H3,(H2,13,15). The van der Waals surface area contributed by atoms with Crippen molar-refractivity contribution in [3.05, 3.63) is 23.8 Å². The lowest BCUT2D eigenvalue weighted by molar-refractivity contribution is -0.139. The van der Waals surface area contributed by atoms with E-state index in [1.807, 2.05) is 0 Å². The van der Waals surface area contributed by atoms with Crippen LogP contribution in [0.15, 0.2) is 23.1 Å². The van der Waals surface area contributed by atoms with Crippen LogP contribution in [-0.2, 0) is 9.53 Å². The number of rotatable bonds is 5. The third kappa shape index (κ3) is 3.99. The van der Waals surface area contributed by atoms with Gasteiger partial charge in [-0.15, -0.1) is 11.8 Å². The molecule has 0 fully saturated rings. The Morgan fingerprint density at radius 2 is 2.12 bits per heavy atom. The van der Waals surface area contributed by atoms with Gasteiger partial charge in [-0.25, -0.2) is 0 Å². The van der Waals surface area contributed by atoms with E-state index in [2.05, 4.69) is 0 Å². The molecule has 4 N–H and O–H groups in total. The molecule has 1 rings (SSSR count). The molecule has 0 aliphatic carbocycles. The minimum absolute atomic E-state index is 0.190. The number of thioether (sulfide) groups is 1. The maximum atomic E-state index is 11.1. The van der Waals surface area contributed by atoms with Gasteiger partial charge in [-0.1, -0.05) is 0 Å². The normalized spacial score (nSPS) is 9.94. The van der Waals surface area contributed by atoms with Crippen molar-refractivity contribution >= 4 is 29.3 Å². The summed E-state index contributed by atoms with van der Waals surface area (Å²) in [5.74, 6) is -0.688. The first-order chi connectivity index (χ1) is 8.04. The second-order valence-electron chi connectivity index (χ2n) is 3.21. The summed E-state index contributed by atoms with van der Waals surface area (Å²) in [7, 11) is 0. The Balaban J connectivity index is 2.69. The first kappa shape index (κ1) is 13.4. The first-order valence-corrected chi connectivity index (χ1v) is 6.01. The average Bonchev–Trinajstić information content (AvgIpc) is 2.28. The Kier molecular flexibility index (Phi) is 4.84. The van der Waals surface area contributed by atoms with Gasteiger partial charge < -0.3 is 16.2 Å². The van der Waals surface area contributed by atoms with Crippen LogP contribution in [0.2, 0.25) is 0 Å². The number of nitrogens with two attached hydrogens (primary N) is 2. The lowest BCUT2D eigenvalue weighted by atomic mass is 10.2. The van der Waals surface area contributed by atoms with E-state index in [4.69, 9.17) is 16.2 Å². The molecule has 1 amide bonds. The SMILES string of the molecule is CCOC(=O)CSc1ccc(N)c(C(N)=O)c1. The molecular formula is C11H14N2O3S. The van der Waals surface area contributed by atoms with Gasteiger partial charge in [0.25, 0.3) is 5.91 Å². The smallest absolute Gasteiger partial charge is 0.316 e. The summed E-state index contributed by atoms with van der Waals surface area (Å²) >= 11 is 1.27. The molecule has 0 saturated carbocycles. The number of hydrogen-bond donors (Lipinski definition) is 2. The average molecular weight is 254 g/mol. The van der Waals surface area contributed by atoms with Crippen LogP contribution in [-0.4, -0.2) is 24.2 Å². The van der Waals surface area contributed by atoms with E-state index in [-0.39, 0.29) is 17.3 Å². The Hall–Kier alpha value is -1.69. The zero-order valence-electron chi connectivity index (χ0n) is 9.43. The van der Waals surface area contributed by atoms with Crippen molar-refractivity contribution in [3.63, 3.8) is 0 Å². The molecule has 0 aromatic heterocycles. The van der Waals surface area contributed by atoms with Crippen molar-refractivity contribution in [2.75, 3.05) is 18.1 Å². The molecule has 0 bridgehead atoms. The molecule has 0 saturated heterocycles. The molecule has 0 spiro atoms. The van der Waals surface area contributed by atoms with Crippen molar-refractivity contribution in [2.45, 2.75) is 11.8 Å². The third-order valence-electron chi connectivity index (χ3n) is 1.95. The van der Waals surface area contributed by atoms with E-state index < -0.39 is 5.91 Å². The number of esters is 1. The van der Waals surface area contributed by atoms with Crippen LogP contribution in [0.5, 0.6) is 0 Å². The molecule has 0 atom stereocenters. The van der Waals surface area contributed by atoms with Gasteiger partial charge >= 0.3 is 5.97 Å². The fraction of sp³-hybridized carbons (Fsp3) is 0.273. The van der Waals surface area contributed by atoms with Gasteiger partial charge in [0.2, 0.25) is 0 Å². The van der Waals surface area contributed by atoms with E-state index in [0.717, 1.165) is 4.90 Å². The van der Waals surface area contributed by atoms with E-state index in [1.54, 1.807) is 25.1 Å². The number of ether oxygens (including phenoxy) is 1. The quantitative estimate of drug-likeness (QED) is 0.464. The number of benzene rings is 1. The van der Waals surface area contributed by atoms with Crippen molar-refractivity contribution in [1.29, 1.82) is 0 Å². The highest BCUT2D eigenvalue weighted by atomic mass is 32.2. The molecule has 0 unspecified atom stereocenters. The highest BCUT2D eigenvalue weighted by Crippen LogP contribution is 2.22. The Morgan fingerprint density at radius 3 is 2.71 bits per heavy atom. The maximum absolute atomic E-state index is 11.1. The summed E-state index contributed by atoms with van der Waals surface area (Å²) in [5.41, 5.74) is 11.4. The van der Waals surface area contributed by atoms with E-state index in [9.17, 15) is 9.59 Å². The third-order valence-corrected chi connectivity index (χ3v) is 2.92. The van der Waals surface area contributed by atoms with Crippen LogP contribution < -0.4 is 11.5 Å². The van der Waals surface area contributed by atoms with Crippen molar-refractivity contribution < 1.29 is 14.3 Å². The van der Waals surface area contributed by atoms with Crippen LogP contribution in [0.25, 0.3) is 0 Å². The molecule has 17 heavy (non-hydrogen) atoms. The summed E-state index contributed by atoms with van der Waals surface area (Å²) in [6.45, 7) is 2.10. The van der Waals surface area contributed by atoms with E-state index in [1.165, 1.54) is 11.8 Å². The van der Waals surface area contributed by atoms with Gasteiger partial charge in [0.1, 0.15) is 0 Å². The number of carbonyl (C=O) groups excluding carboxylic acids is 2. The number of primary amides is 1. The van der Waals surface area contributed by atoms with Crippen LogP contribution in [0, 0.1) is 0 Å². The van der Waals surface area contributed by atoms with Gasteiger partial charge in [0.05, 0.1) is 17.9 Å². The number of hydrogen-bond acceptors (Lipinski definition) is 5. The van der Waals surface area contributed by atoms with Gasteiger partial charge in [-0.3, -0.25) is 9.59 Å². The highest BCUT2D eigenvalue weighted by molar-refractivity contribution is 8.00. The lowest BCUT2D eigenvalue weighted by Gasteiger charge is -2.05. The van der Waals surface area contributed by atoms with Crippen molar-refractivity contribution in [1.82, 2.24) is 0 Å². The summed E-state index contributed by atoms with van der Waals surface area (Å²) in [4.78, 5) is 22.9.